The molecule has 0 radical (unpaired) electrons. The summed E-state index contributed by atoms with van der Waals surface area (Å²) in [5.74, 6) is 0.483. The van der Waals surface area contributed by atoms with Crippen LogP contribution in [0.2, 0.25) is 0 Å². The number of hydrogen-bond acceptors (Lipinski definition) is 3. The zero-order valence-corrected chi connectivity index (χ0v) is 9.88. The topological polar surface area (TPSA) is 62.7 Å². The van der Waals surface area contributed by atoms with Crippen molar-refractivity contribution in [2.45, 2.75) is 18.4 Å². The molecule has 2 N–H and O–H groups in total. The van der Waals surface area contributed by atoms with E-state index in [0.29, 0.717) is 17.5 Å². The normalized spacial score (nSPS) is 21.3. The Bertz CT molecular complexity index is 610. The molecule has 0 unspecified atom stereocenters. The van der Waals surface area contributed by atoms with Gasteiger partial charge >= 0.3 is 0 Å². The molecule has 3 rings (SSSR count). The van der Waals surface area contributed by atoms with Crippen molar-refractivity contribution in [3.63, 3.8) is 0 Å². The number of nitriles is 1. The highest BCUT2D eigenvalue weighted by Crippen LogP contribution is 2.38. The van der Waals surface area contributed by atoms with Crippen LogP contribution in [-0.4, -0.2) is 11.0 Å². The Labute approximate surface area is 106 Å². The lowest BCUT2D eigenvalue weighted by atomic mass is 10.1. The molecule has 1 fully saturated rings. The molecule has 1 saturated carbocycles. The van der Waals surface area contributed by atoms with Crippen LogP contribution < -0.4 is 5.73 Å². The highest BCUT2D eigenvalue weighted by molar-refractivity contribution is 5.61. The predicted octanol–water partition coefficient (Wildman–Crippen LogP) is 2.43. The van der Waals surface area contributed by atoms with E-state index in [1.165, 1.54) is 5.56 Å². The Morgan fingerprint density at radius 3 is 2.72 bits per heavy atom. The molecule has 0 spiro atoms. The monoisotopic (exact) mass is 235 g/mol. The molecule has 0 bridgehead atoms. The summed E-state index contributed by atoms with van der Waals surface area (Å²) in [6.45, 7) is 0. The number of aromatic nitrogens is 1. The average molecular weight is 235 g/mol. The lowest BCUT2D eigenvalue weighted by molar-refractivity contribution is 0.981. The van der Waals surface area contributed by atoms with Crippen molar-refractivity contribution in [2.75, 3.05) is 0 Å². The third kappa shape index (κ3) is 1.99. The number of hydrogen-bond donors (Lipinski definition) is 1. The number of pyridine rings is 1. The molecular formula is C15H13N3. The van der Waals surface area contributed by atoms with Crippen molar-refractivity contribution < 1.29 is 0 Å². The van der Waals surface area contributed by atoms with Gasteiger partial charge in [0.25, 0.3) is 0 Å². The van der Waals surface area contributed by atoms with Crippen molar-refractivity contribution >= 4 is 0 Å². The Balaban J connectivity index is 1.90. The Hall–Kier alpha value is -2.18. The predicted molar refractivity (Wildman–Crippen MR) is 69.7 cm³/mol. The third-order valence-electron chi connectivity index (χ3n) is 3.34. The quantitative estimate of drug-likeness (QED) is 0.869. The number of benzene rings is 1. The largest absolute Gasteiger partial charge is 0.327 e. The van der Waals surface area contributed by atoms with Gasteiger partial charge in [0.15, 0.2) is 0 Å². The lowest BCUT2D eigenvalue weighted by Gasteiger charge is -2.03. The van der Waals surface area contributed by atoms with Gasteiger partial charge in [-0.3, -0.25) is 4.98 Å². The minimum Gasteiger partial charge on any atom is -0.327 e. The summed E-state index contributed by atoms with van der Waals surface area (Å²) in [7, 11) is 0. The molecule has 0 saturated heterocycles. The van der Waals surface area contributed by atoms with Gasteiger partial charge in [-0.25, -0.2) is 0 Å². The van der Waals surface area contributed by atoms with E-state index in [0.717, 1.165) is 17.7 Å². The highest BCUT2D eigenvalue weighted by Gasteiger charge is 2.34. The molecule has 2 aromatic rings. The van der Waals surface area contributed by atoms with Crippen LogP contribution in [0.25, 0.3) is 11.3 Å². The summed E-state index contributed by atoms with van der Waals surface area (Å²) >= 11 is 0. The van der Waals surface area contributed by atoms with Crippen molar-refractivity contribution in [3.05, 3.63) is 53.7 Å². The smallest absolute Gasteiger partial charge is 0.0991 e. The van der Waals surface area contributed by atoms with Crippen molar-refractivity contribution in [1.82, 2.24) is 4.98 Å². The summed E-state index contributed by atoms with van der Waals surface area (Å²) in [5, 5.41) is 8.88. The van der Waals surface area contributed by atoms with Gasteiger partial charge in [0.2, 0.25) is 0 Å². The van der Waals surface area contributed by atoms with Crippen LogP contribution in [0.3, 0.4) is 0 Å². The second kappa shape index (κ2) is 4.25. The molecule has 1 aliphatic carbocycles. The van der Waals surface area contributed by atoms with E-state index in [2.05, 4.69) is 17.1 Å². The summed E-state index contributed by atoms with van der Waals surface area (Å²) in [4.78, 5) is 4.46. The van der Waals surface area contributed by atoms with E-state index in [4.69, 9.17) is 11.0 Å². The van der Waals surface area contributed by atoms with E-state index >= 15 is 0 Å². The number of rotatable bonds is 2. The first-order valence-electron chi connectivity index (χ1n) is 6.00. The van der Waals surface area contributed by atoms with E-state index in [9.17, 15) is 0 Å². The molecule has 0 amide bonds. The Morgan fingerprint density at radius 2 is 2.11 bits per heavy atom. The molecule has 1 aromatic carbocycles. The first-order valence-corrected chi connectivity index (χ1v) is 6.00. The van der Waals surface area contributed by atoms with Crippen molar-refractivity contribution in [2.24, 2.45) is 5.73 Å². The van der Waals surface area contributed by atoms with Crippen molar-refractivity contribution in [1.29, 1.82) is 5.26 Å². The molecule has 1 heterocycles. The molecule has 2 atom stereocenters. The Morgan fingerprint density at radius 1 is 1.28 bits per heavy atom. The summed E-state index contributed by atoms with van der Waals surface area (Å²) in [6.07, 6.45) is 2.96. The molecule has 1 aromatic heterocycles. The molecule has 88 valence electrons. The van der Waals surface area contributed by atoms with Gasteiger partial charge in [0.1, 0.15) is 0 Å². The fourth-order valence-corrected chi connectivity index (χ4v) is 2.14. The maximum atomic E-state index is 8.88. The van der Waals surface area contributed by atoms with Crippen LogP contribution in [0.5, 0.6) is 0 Å². The van der Waals surface area contributed by atoms with Crippen LogP contribution in [0.1, 0.15) is 23.5 Å². The van der Waals surface area contributed by atoms with Crippen molar-refractivity contribution in [3.8, 4) is 17.3 Å². The fraction of sp³-hybridized carbons (Fsp3) is 0.200. The third-order valence-corrected chi connectivity index (χ3v) is 3.34. The standard InChI is InChI=1S/C15H13N3/c16-8-10-2-1-3-11(6-10)15-5-4-12(9-18-15)13-7-14(13)17/h1-6,9,13-14H,7,17H2/t13-,14+/m1/s1. The Kier molecular flexibility index (Phi) is 2.58. The van der Waals surface area contributed by atoms with Gasteiger partial charge in [-0.1, -0.05) is 18.2 Å². The maximum absolute atomic E-state index is 8.88. The molecular weight excluding hydrogens is 222 g/mol. The first kappa shape index (κ1) is 10.9. The molecule has 1 aliphatic rings. The minimum absolute atomic E-state index is 0.305. The van der Waals surface area contributed by atoms with E-state index in [1.54, 1.807) is 6.07 Å². The van der Waals surface area contributed by atoms with E-state index < -0.39 is 0 Å². The second-order valence-corrected chi connectivity index (χ2v) is 4.68. The number of nitrogens with zero attached hydrogens (tertiary/aromatic N) is 2. The van der Waals surface area contributed by atoms with Crippen LogP contribution in [0, 0.1) is 11.3 Å². The molecule has 3 heteroatoms. The summed E-state index contributed by atoms with van der Waals surface area (Å²) in [5.41, 5.74) is 9.55. The van der Waals surface area contributed by atoms with E-state index in [1.807, 2.05) is 30.5 Å². The van der Waals surface area contributed by atoms with Crippen LogP contribution >= 0.6 is 0 Å². The van der Waals surface area contributed by atoms with Gasteiger partial charge in [-0.15, -0.1) is 0 Å². The zero-order valence-electron chi connectivity index (χ0n) is 9.88. The highest BCUT2D eigenvalue weighted by atomic mass is 14.8. The van der Waals surface area contributed by atoms with E-state index in [-0.39, 0.29) is 0 Å². The SMILES string of the molecule is N#Cc1cccc(-c2ccc([C@H]3C[C@@H]3N)cn2)c1. The summed E-state index contributed by atoms with van der Waals surface area (Å²) in [6, 6.07) is 14.0. The maximum Gasteiger partial charge on any atom is 0.0991 e. The molecule has 3 nitrogen and oxygen atoms in total. The number of nitrogens with two attached hydrogens (primary N) is 1. The van der Waals surface area contributed by atoms with Gasteiger partial charge in [-0.05, 0) is 30.2 Å². The van der Waals surface area contributed by atoms with Crippen LogP contribution in [0.4, 0.5) is 0 Å². The van der Waals surface area contributed by atoms with Gasteiger partial charge in [-0.2, -0.15) is 5.26 Å². The second-order valence-electron chi connectivity index (χ2n) is 4.68. The van der Waals surface area contributed by atoms with Gasteiger partial charge < -0.3 is 5.73 Å². The summed E-state index contributed by atoms with van der Waals surface area (Å²) < 4.78 is 0. The first-order chi connectivity index (χ1) is 8.78. The van der Waals surface area contributed by atoms with Crippen LogP contribution in [0.15, 0.2) is 42.6 Å². The van der Waals surface area contributed by atoms with Crippen LogP contribution in [-0.2, 0) is 0 Å². The average Bonchev–Trinajstić information content (AvgIpc) is 3.16. The van der Waals surface area contributed by atoms with Gasteiger partial charge in [0, 0.05) is 23.7 Å². The minimum atomic E-state index is 0.305. The fourth-order valence-electron chi connectivity index (χ4n) is 2.14. The zero-order chi connectivity index (χ0) is 12.5. The molecule has 0 aliphatic heterocycles. The molecule has 18 heavy (non-hydrogen) atoms. The van der Waals surface area contributed by atoms with Gasteiger partial charge in [0.05, 0.1) is 17.3 Å². The lowest BCUT2D eigenvalue weighted by Crippen LogP contribution is -2.01.